The van der Waals surface area contributed by atoms with Crippen molar-refractivity contribution in [1.82, 2.24) is 4.90 Å². The molecule has 0 saturated carbocycles. The van der Waals surface area contributed by atoms with Crippen LogP contribution >= 0.6 is 11.8 Å². The second-order valence-electron chi connectivity index (χ2n) is 7.86. The van der Waals surface area contributed by atoms with Gasteiger partial charge in [0.15, 0.2) is 0 Å². The molecule has 3 unspecified atom stereocenters. The molecule has 0 spiro atoms. The topological polar surface area (TPSA) is 83.9 Å². The number of thioether (sulfide) groups is 1. The summed E-state index contributed by atoms with van der Waals surface area (Å²) in [5.74, 6) is -2.19. The third-order valence-corrected chi connectivity index (χ3v) is 6.68. The Bertz CT molecular complexity index is 711. The van der Waals surface area contributed by atoms with Gasteiger partial charge in [0.25, 0.3) is 0 Å². The molecular weight excluding hydrogens is 402 g/mol. The lowest BCUT2D eigenvalue weighted by Crippen LogP contribution is -2.43. The van der Waals surface area contributed by atoms with E-state index in [0.29, 0.717) is 32.4 Å². The van der Waals surface area contributed by atoms with Crippen LogP contribution in [0, 0.1) is 11.8 Å². The number of unbranched alkanes of at least 4 members (excludes halogenated alkanes) is 1. The number of esters is 1. The largest absolute Gasteiger partial charge is 0.480 e. The number of hydrogen-bond donors (Lipinski definition) is 1. The fraction of sp³-hybridized carbons (Fsp3) is 0.609. The van der Waals surface area contributed by atoms with Crippen LogP contribution in [-0.2, 0) is 19.1 Å². The van der Waals surface area contributed by atoms with Gasteiger partial charge in [-0.1, -0.05) is 44.9 Å². The zero-order chi connectivity index (χ0) is 22.1. The van der Waals surface area contributed by atoms with Crippen molar-refractivity contribution in [3.05, 3.63) is 30.3 Å². The average molecular weight is 436 g/mol. The van der Waals surface area contributed by atoms with E-state index in [-0.39, 0.29) is 23.0 Å². The third-order valence-electron chi connectivity index (χ3n) is 5.46. The zero-order valence-corrected chi connectivity index (χ0v) is 18.9. The number of hydrogen-bond acceptors (Lipinski definition) is 5. The Hall–Kier alpha value is -2.02. The van der Waals surface area contributed by atoms with Crippen molar-refractivity contribution >= 4 is 29.6 Å². The maximum atomic E-state index is 13.1. The van der Waals surface area contributed by atoms with Crippen LogP contribution in [0.4, 0.5) is 0 Å². The van der Waals surface area contributed by atoms with Crippen molar-refractivity contribution < 1.29 is 24.2 Å². The SMILES string of the molecule is CCCCC(CC(C)C(=O)N1CC(Sc2ccccc2)C[C@H]1C(=O)O)C(=O)OCC. The average Bonchev–Trinajstić information content (AvgIpc) is 3.15. The van der Waals surface area contributed by atoms with Gasteiger partial charge in [-0.25, -0.2) is 4.79 Å². The molecule has 1 aromatic carbocycles. The quantitative estimate of drug-likeness (QED) is 0.524. The Morgan fingerprint density at radius 2 is 1.93 bits per heavy atom. The monoisotopic (exact) mass is 435 g/mol. The van der Waals surface area contributed by atoms with Gasteiger partial charge >= 0.3 is 11.9 Å². The van der Waals surface area contributed by atoms with Crippen molar-refractivity contribution in [1.29, 1.82) is 0 Å². The molecule has 30 heavy (non-hydrogen) atoms. The summed E-state index contributed by atoms with van der Waals surface area (Å²) in [7, 11) is 0. The second kappa shape index (κ2) is 12.0. The highest BCUT2D eigenvalue weighted by Crippen LogP contribution is 2.34. The van der Waals surface area contributed by atoms with Crippen LogP contribution < -0.4 is 0 Å². The molecule has 1 fully saturated rings. The summed E-state index contributed by atoms with van der Waals surface area (Å²) in [5, 5.41) is 9.71. The molecule has 1 amide bonds. The molecule has 1 N–H and O–H groups in total. The molecule has 1 heterocycles. The molecule has 0 bridgehead atoms. The number of carbonyl (C=O) groups is 3. The lowest BCUT2D eigenvalue weighted by molar-refractivity contribution is -0.152. The Kier molecular flexibility index (Phi) is 9.69. The van der Waals surface area contributed by atoms with Crippen LogP contribution in [0.3, 0.4) is 0 Å². The number of aliphatic carboxylic acids is 1. The summed E-state index contributed by atoms with van der Waals surface area (Å²) in [6, 6.07) is 8.99. The number of carboxylic acid groups (broad SMARTS) is 1. The number of ether oxygens (including phenoxy) is 1. The van der Waals surface area contributed by atoms with Gasteiger partial charge in [0.2, 0.25) is 5.91 Å². The number of carboxylic acids is 1. The molecule has 0 aliphatic carbocycles. The van der Waals surface area contributed by atoms with Gasteiger partial charge in [0, 0.05) is 22.6 Å². The Morgan fingerprint density at radius 1 is 1.23 bits per heavy atom. The van der Waals surface area contributed by atoms with Crippen LogP contribution in [0.5, 0.6) is 0 Å². The Balaban J connectivity index is 2.05. The van der Waals surface area contributed by atoms with Crippen LogP contribution in [-0.4, -0.2) is 52.3 Å². The lowest BCUT2D eigenvalue weighted by atomic mass is 9.90. The zero-order valence-electron chi connectivity index (χ0n) is 18.1. The molecule has 0 radical (unpaired) electrons. The van der Waals surface area contributed by atoms with Crippen molar-refractivity contribution in [2.24, 2.45) is 11.8 Å². The minimum absolute atomic E-state index is 0.0330. The van der Waals surface area contributed by atoms with Crippen LogP contribution in [0.1, 0.15) is 52.9 Å². The first-order valence-corrected chi connectivity index (χ1v) is 11.7. The lowest BCUT2D eigenvalue weighted by Gasteiger charge is -2.26. The maximum absolute atomic E-state index is 13.1. The fourth-order valence-electron chi connectivity index (χ4n) is 3.91. The highest BCUT2D eigenvalue weighted by Gasteiger charge is 2.41. The van der Waals surface area contributed by atoms with E-state index in [1.807, 2.05) is 30.3 Å². The Morgan fingerprint density at radius 3 is 2.53 bits per heavy atom. The van der Waals surface area contributed by atoms with E-state index >= 15 is 0 Å². The van der Waals surface area contributed by atoms with Crippen molar-refractivity contribution in [3.8, 4) is 0 Å². The Labute approximate surface area is 183 Å². The minimum atomic E-state index is -0.973. The van der Waals surface area contributed by atoms with Crippen molar-refractivity contribution in [3.63, 3.8) is 0 Å². The molecule has 166 valence electrons. The molecule has 2 rings (SSSR count). The normalized spacial score (nSPS) is 20.6. The van der Waals surface area contributed by atoms with E-state index in [4.69, 9.17) is 4.74 Å². The molecule has 0 aromatic heterocycles. The van der Waals surface area contributed by atoms with Crippen LogP contribution in [0.15, 0.2) is 35.2 Å². The molecule has 7 heteroatoms. The van der Waals surface area contributed by atoms with E-state index in [1.165, 1.54) is 4.90 Å². The molecule has 1 aliphatic heterocycles. The third kappa shape index (κ3) is 6.76. The molecule has 6 nitrogen and oxygen atoms in total. The molecule has 1 aromatic rings. The fourth-order valence-corrected chi connectivity index (χ4v) is 5.12. The standard InChI is InChI=1S/C23H33NO5S/c1-4-6-10-17(23(28)29-5-2)13-16(3)21(25)24-15-19(14-20(24)22(26)27)30-18-11-8-7-9-12-18/h7-9,11-12,16-17,19-20H,4-6,10,13-15H2,1-3H3,(H,26,27)/t16?,17?,19?,20-/m0/s1. The summed E-state index contributed by atoms with van der Waals surface area (Å²) in [4.78, 5) is 39.8. The summed E-state index contributed by atoms with van der Waals surface area (Å²) >= 11 is 1.61. The molecule has 1 saturated heterocycles. The van der Waals surface area contributed by atoms with Crippen LogP contribution in [0.25, 0.3) is 0 Å². The number of benzene rings is 1. The highest BCUT2D eigenvalue weighted by atomic mass is 32.2. The summed E-state index contributed by atoms with van der Waals surface area (Å²) in [5.41, 5.74) is 0. The van der Waals surface area contributed by atoms with Gasteiger partial charge in [-0.15, -0.1) is 11.8 Å². The highest BCUT2D eigenvalue weighted by molar-refractivity contribution is 8.00. The van der Waals surface area contributed by atoms with Crippen LogP contribution in [0.2, 0.25) is 0 Å². The van der Waals surface area contributed by atoms with E-state index in [9.17, 15) is 19.5 Å². The van der Waals surface area contributed by atoms with Gasteiger partial charge in [0.05, 0.1) is 12.5 Å². The molecular formula is C23H33NO5S. The van der Waals surface area contributed by atoms with Gasteiger partial charge in [-0.05, 0) is 38.3 Å². The summed E-state index contributed by atoms with van der Waals surface area (Å²) in [6.45, 7) is 6.34. The predicted octanol–water partition coefficient (Wildman–Crippen LogP) is 4.23. The number of nitrogens with zero attached hydrogens (tertiary/aromatic N) is 1. The maximum Gasteiger partial charge on any atom is 0.326 e. The molecule has 1 aliphatic rings. The van der Waals surface area contributed by atoms with E-state index < -0.39 is 17.9 Å². The number of amides is 1. The first-order valence-electron chi connectivity index (χ1n) is 10.8. The molecule has 4 atom stereocenters. The summed E-state index contributed by atoms with van der Waals surface area (Å²) < 4.78 is 5.19. The van der Waals surface area contributed by atoms with E-state index in [0.717, 1.165) is 17.7 Å². The van der Waals surface area contributed by atoms with Crippen molar-refractivity contribution in [2.75, 3.05) is 13.2 Å². The van der Waals surface area contributed by atoms with Gasteiger partial charge in [-0.3, -0.25) is 9.59 Å². The van der Waals surface area contributed by atoms with Gasteiger partial charge < -0.3 is 14.7 Å². The first-order chi connectivity index (χ1) is 14.4. The van der Waals surface area contributed by atoms with Gasteiger partial charge in [-0.2, -0.15) is 0 Å². The van der Waals surface area contributed by atoms with E-state index in [1.54, 1.807) is 25.6 Å². The number of likely N-dealkylation sites (tertiary alicyclic amines) is 1. The van der Waals surface area contributed by atoms with Crippen molar-refractivity contribution in [2.45, 2.75) is 69.1 Å². The van der Waals surface area contributed by atoms with Gasteiger partial charge in [0.1, 0.15) is 6.04 Å². The minimum Gasteiger partial charge on any atom is -0.480 e. The predicted molar refractivity (Wildman–Crippen MR) is 117 cm³/mol. The van der Waals surface area contributed by atoms with E-state index in [2.05, 4.69) is 6.92 Å². The number of rotatable bonds is 11. The second-order valence-corrected chi connectivity index (χ2v) is 9.23. The smallest absolute Gasteiger partial charge is 0.326 e. The first kappa shape index (κ1) is 24.3. The number of carbonyl (C=O) groups excluding carboxylic acids is 2. The summed E-state index contributed by atoms with van der Waals surface area (Å²) in [6.07, 6.45) is 3.34.